The van der Waals surface area contributed by atoms with Crippen molar-refractivity contribution in [2.45, 2.75) is 6.54 Å². The highest BCUT2D eigenvalue weighted by atomic mass is 35.5. The Morgan fingerprint density at radius 2 is 1.74 bits per heavy atom. The zero-order valence-electron chi connectivity index (χ0n) is 14.8. The molecule has 0 radical (unpaired) electrons. The molecule has 0 unspecified atom stereocenters. The van der Waals surface area contributed by atoms with Gasteiger partial charge in [-0.1, -0.05) is 17.7 Å². The molecule has 0 saturated carbocycles. The maximum Gasteiger partial charge on any atom is 0.254 e. The lowest BCUT2D eigenvalue weighted by Gasteiger charge is -2.35. The number of amides is 1. The second-order valence-electron chi connectivity index (χ2n) is 6.66. The van der Waals surface area contributed by atoms with Gasteiger partial charge in [0.2, 0.25) is 0 Å². The minimum atomic E-state index is -0.335. The first kappa shape index (κ1) is 18.1. The van der Waals surface area contributed by atoms with Crippen LogP contribution in [0.1, 0.15) is 15.9 Å². The molecule has 0 aliphatic carbocycles. The largest absolute Gasteiger partial charge is 0.486 e. The van der Waals surface area contributed by atoms with Gasteiger partial charge >= 0.3 is 0 Å². The van der Waals surface area contributed by atoms with E-state index in [-0.39, 0.29) is 11.7 Å². The highest BCUT2D eigenvalue weighted by Gasteiger charge is 2.24. The third-order valence-corrected chi connectivity index (χ3v) is 5.21. The van der Waals surface area contributed by atoms with Crippen LogP contribution in [-0.2, 0) is 6.54 Å². The first-order valence-electron chi connectivity index (χ1n) is 8.95. The molecule has 1 saturated heterocycles. The Kier molecular flexibility index (Phi) is 5.18. The first-order valence-corrected chi connectivity index (χ1v) is 9.33. The molecule has 2 aromatic rings. The molecule has 0 bridgehead atoms. The summed E-state index contributed by atoms with van der Waals surface area (Å²) in [5.74, 6) is 0.959. The van der Waals surface area contributed by atoms with E-state index in [0.29, 0.717) is 54.9 Å². The van der Waals surface area contributed by atoms with Gasteiger partial charge in [-0.05, 0) is 35.9 Å². The summed E-state index contributed by atoms with van der Waals surface area (Å²) in [5, 5.41) is 0.435. The van der Waals surface area contributed by atoms with E-state index < -0.39 is 0 Å². The number of ether oxygens (including phenoxy) is 2. The second-order valence-corrected chi connectivity index (χ2v) is 7.07. The molecule has 27 heavy (non-hydrogen) atoms. The van der Waals surface area contributed by atoms with Crippen molar-refractivity contribution in [2.24, 2.45) is 0 Å². The molecule has 2 aromatic carbocycles. The number of halogens is 2. The van der Waals surface area contributed by atoms with Crippen LogP contribution in [0.3, 0.4) is 0 Å². The molecule has 0 aromatic heterocycles. The van der Waals surface area contributed by atoms with Gasteiger partial charge in [0, 0.05) is 43.3 Å². The summed E-state index contributed by atoms with van der Waals surface area (Å²) in [6, 6.07) is 9.78. The van der Waals surface area contributed by atoms with E-state index in [0.717, 1.165) is 18.7 Å². The third-order valence-electron chi connectivity index (χ3n) is 4.86. The lowest BCUT2D eigenvalue weighted by molar-refractivity contribution is 0.0627. The van der Waals surface area contributed by atoms with Crippen LogP contribution in [0.25, 0.3) is 0 Å². The fourth-order valence-corrected chi connectivity index (χ4v) is 3.59. The molecular formula is C20H20ClFN2O3. The lowest BCUT2D eigenvalue weighted by Crippen LogP contribution is -2.48. The van der Waals surface area contributed by atoms with Gasteiger partial charge in [0.1, 0.15) is 19.0 Å². The monoisotopic (exact) mass is 390 g/mol. The van der Waals surface area contributed by atoms with E-state index >= 15 is 0 Å². The average molecular weight is 391 g/mol. The number of rotatable bonds is 3. The molecule has 0 spiro atoms. The highest BCUT2D eigenvalue weighted by molar-refractivity contribution is 6.31. The van der Waals surface area contributed by atoms with Crippen molar-refractivity contribution >= 4 is 17.5 Å². The standard InChI is InChI=1S/C20H20ClFN2O3/c21-17-12-16(22)3-1-15(17)13-23-5-7-24(8-6-23)20(25)14-2-4-18-19(11-14)27-10-9-26-18/h1-4,11-12H,5-10,13H2. The van der Waals surface area contributed by atoms with Crippen LogP contribution in [0.4, 0.5) is 4.39 Å². The predicted molar refractivity (Wildman–Crippen MR) is 100 cm³/mol. The van der Waals surface area contributed by atoms with Crippen molar-refractivity contribution in [1.29, 1.82) is 0 Å². The summed E-state index contributed by atoms with van der Waals surface area (Å²) in [6.07, 6.45) is 0. The van der Waals surface area contributed by atoms with Crippen LogP contribution in [0.2, 0.25) is 5.02 Å². The number of hydrogen-bond acceptors (Lipinski definition) is 4. The predicted octanol–water partition coefficient (Wildman–Crippen LogP) is 3.21. The van der Waals surface area contributed by atoms with Gasteiger partial charge in [-0.3, -0.25) is 9.69 Å². The van der Waals surface area contributed by atoms with Crippen molar-refractivity contribution in [1.82, 2.24) is 9.80 Å². The summed E-state index contributed by atoms with van der Waals surface area (Å²) < 4.78 is 24.2. The van der Waals surface area contributed by atoms with Gasteiger partial charge in [-0.2, -0.15) is 0 Å². The number of hydrogen-bond donors (Lipinski definition) is 0. The Morgan fingerprint density at radius 1 is 1.00 bits per heavy atom. The summed E-state index contributed by atoms with van der Waals surface area (Å²) in [6.45, 7) is 4.41. The molecule has 0 N–H and O–H groups in total. The number of piperazine rings is 1. The normalized spacial score (nSPS) is 17.0. The van der Waals surface area contributed by atoms with Crippen molar-refractivity contribution in [3.05, 3.63) is 58.4 Å². The highest BCUT2D eigenvalue weighted by Crippen LogP contribution is 2.31. The van der Waals surface area contributed by atoms with Crippen LogP contribution in [0.5, 0.6) is 11.5 Å². The van der Waals surface area contributed by atoms with Crippen LogP contribution < -0.4 is 9.47 Å². The summed E-state index contributed by atoms with van der Waals surface area (Å²) in [4.78, 5) is 16.8. The minimum Gasteiger partial charge on any atom is -0.486 e. The van der Waals surface area contributed by atoms with Crippen molar-refractivity contribution < 1.29 is 18.7 Å². The molecule has 142 valence electrons. The molecule has 1 fully saturated rings. The smallest absolute Gasteiger partial charge is 0.254 e. The lowest BCUT2D eigenvalue weighted by atomic mass is 10.1. The van der Waals surface area contributed by atoms with Gasteiger partial charge in [-0.25, -0.2) is 4.39 Å². The number of benzene rings is 2. The molecule has 4 rings (SSSR count). The van der Waals surface area contributed by atoms with E-state index in [4.69, 9.17) is 21.1 Å². The van der Waals surface area contributed by atoms with Crippen LogP contribution >= 0.6 is 11.6 Å². The average Bonchev–Trinajstić information content (AvgIpc) is 2.70. The third kappa shape index (κ3) is 4.01. The second kappa shape index (κ2) is 7.74. The Balaban J connectivity index is 1.36. The van der Waals surface area contributed by atoms with Crippen molar-refractivity contribution in [3.63, 3.8) is 0 Å². The zero-order chi connectivity index (χ0) is 18.8. The van der Waals surface area contributed by atoms with Gasteiger partial charge in [-0.15, -0.1) is 0 Å². The SMILES string of the molecule is O=C(c1ccc2c(c1)OCCO2)N1CCN(Cc2ccc(F)cc2Cl)CC1. The molecule has 2 aliphatic heterocycles. The minimum absolute atomic E-state index is 0.00793. The first-order chi connectivity index (χ1) is 13.1. The number of carbonyl (C=O) groups excluding carboxylic acids is 1. The Morgan fingerprint density at radius 3 is 2.48 bits per heavy atom. The van der Waals surface area contributed by atoms with Gasteiger partial charge in [0.05, 0.1) is 0 Å². The molecule has 2 aliphatic rings. The van der Waals surface area contributed by atoms with E-state index in [9.17, 15) is 9.18 Å². The molecule has 7 heteroatoms. The van der Waals surface area contributed by atoms with Gasteiger partial charge in [0.25, 0.3) is 5.91 Å². The van der Waals surface area contributed by atoms with E-state index in [2.05, 4.69) is 4.90 Å². The molecule has 0 atom stereocenters. The Labute approximate surface area is 162 Å². The van der Waals surface area contributed by atoms with Crippen LogP contribution in [0.15, 0.2) is 36.4 Å². The van der Waals surface area contributed by atoms with Gasteiger partial charge in [0.15, 0.2) is 11.5 Å². The fraction of sp³-hybridized carbons (Fsp3) is 0.350. The molecule has 1 amide bonds. The summed E-state index contributed by atoms with van der Waals surface area (Å²) in [5.41, 5.74) is 1.50. The zero-order valence-corrected chi connectivity index (χ0v) is 15.5. The van der Waals surface area contributed by atoms with Crippen molar-refractivity contribution in [3.8, 4) is 11.5 Å². The van der Waals surface area contributed by atoms with E-state index in [1.54, 1.807) is 24.3 Å². The maximum absolute atomic E-state index is 13.2. The van der Waals surface area contributed by atoms with Crippen LogP contribution in [0, 0.1) is 5.82 Å². The van der Waals surface area contributed by atoms with E-state index in [1.165, 1.54) is 12.1 Å². The van der Waals surface area contributed by atoms with Crippen LogP contribution in [-0.4, -0.2) is 55.1 Å². The summed E-state index contributed by atoms with van der Waals surface area (Å²) in [7, 11) is 0. The fourth-order valence-electron chi connectivity index (χ4n) is 3.36. The number of carbonyl (C=O) groups is 1. The molecular weight excluding hydrogens is 371 g/mol. The summed E-state index contributed by atoms with van der Waals surface area (Å²) >= 11 is 6.11. The quantitative estimate of drug-likeness (QED) is 0.807. The van der Waals surface area contributed by atoms with E-state index in [1.807, 2.05) is 4.90 Å². The number of fused-ring (bicyclic) bond motifs is 1. The topological polar surface area (TPSA) is 42.0 Å². The number of nitrogens with zero attached hydrogens (tertiary/aromatic N) is 2. The Hall–Kier alpha value is -2.31. The molecule has 5 nitrogen and oxygen atoms in total. The maximum atomic E-state index is 13.2. The van der Waals surface area contributed by atoms with Crippen molar-refractivity contribution in [2.75, 3.05) is 39.4 Å². The van der Waals surface area contributed by atoms with Gasteiger partial charge < -0.3 is 14.4 Å². The molecule has 2 heterocycles. The Bertz CT molecular complexity index is 853.